The van der Waals surface area contributed by atoms with Gasteiger partial charge in [0.25, 0.3) is 5.56 Å². The summed E-state index contributed by atoms with van der Waals surface area (Å²) in [6.45, 7) is 3.64. The van der Waals surface area contributed by atoms with Crippen molar-refractivity contribution < 1.29 is 9.53 Å². The molecule has 3 rings (SSSR count). The summed E-state index contributed by atoms with van der Waals surface area (Å²) in [5.41, 5.74) is 1.06. The van der Waals surface area contributed by atoms with E-state index in [0.29, 0.717) is 10.9 Å². The minimum Gasteiger partial charge on any atom is -0.468 e. The van der Waals surface area contributed by atoms with Crippen molar-refractivity contribution in [1.82, 2.24) is 19.1 Å². The highest BCUT2D eigenvalue weighted by atomic mass is 32.2. The Morgan fingerprint density at radius 3 is 2.36 bits per heavy atom. The molecule has 8 nitrogen and oxygen atoms in total. The molecule has 146 valence electrons. The molecule has 3 aromatic rings. The number of benzene rings is 1. The van der Waals surface area contributed by atoms with Gasteiger partial charge < -0.3 is 4.74 Å². The highest BCUT2D eigenvalue weighted by molar-refractivity contribution is 8.00. The molecule has 1 aromatic carbocycles. The second kappa shape index (κ2) is 7.59. The summed E-state index contributed by atoms with van der Waals surface area (Å²) < 4.78 is 7.09. The average Bonchev–Trinajstić information content (AvgIpc) is 2.69. The summed E-state index contributed by atoms with van der Waals surface area (Å²) >= 11 is 1.10. The number of esters is 1. The summed E-state index contributed by atoms with van der Waals surface area (Å²) in [6, 6.07) is 7.59. The molecule has 0 unspecified atom stereocenters. The van der Waals surface area contributed by atoms with Crippen LogP contribution in [0.15, 0.2) is 38.9 Å². The SMILES string of the molecule is COC(=O)[C@@H](C)Sc1nc(-c2ccc(C)cc2)nc2c1c(=O)n(C)c(=O)n2C. The lowest BCUT2D eigenvalue weighted by Crippen LogP contribution is -2.37. The number of aromatic nitrogens is 4. The zero-order valence-corrected chi connectivity index (χ0v) is 17.0. The van der Waals surface area contributed by atoms with E-state index >= 15 is 0 Å². The molecule has 9 heteroatoms. The third kappa shape index (κ3) is 3.45. The molecular weight excluding hydrogens is 380 g/mol. The van der Waals surface area contributed by atoms with E-state index in [2.05, 4.69) is 9.97 Å². The summed E-state index contributed by atoms with van der Waals surface area (Å²) in [7, 11) is 4.25. The maximum absolute atomic E-state index is 12.8. The Kier molecular flexibility index (Phi) is 5.37. The van der Waals surface area contributed by atoms with Crippen LogP contribution in [0.1, 0.15) is 12.5 Å². The fourth-order valence-corrected chi connectivity index (χ4v) is 3.69. The minimum absolute atomic E-state index is 0.196. The number of methoxy groups -OCH3 is 1. The quantitative estimate of drug-likeness (QED) is 0.373. The number of rotatable bonds is 4. The standard InChI is InChI=1S/C19H20N4O4S/c1-10-6-8-12(9-7-10)14-20-15-13(17(24)23(4)19(26)22(15)3)16(21-14)28-11(2)18(25)27-5/h6-9,11H,1-5H3/t11-/m1/s1. The Labute approximate surface area is 165 Å². The topological polar surface area (TPSA) is 96.1 Å². The zero-order chi connectivity index (χ0) is 20.6. The fourth-order valence-electron chi connectivity index (χ4n) is 2.73. The molecule has 1 atom stereocenters. The highest BCUT2D eigenvalue weighted by Crippen LogP contribution is 2.29. The third-order valence-corrected chi connectivity index (χ3v) is 5.46. The molecule has 0 N–H and O–H groups in total. The van der Waals surface area contributed by atoms with Crippen LogP contribution in [0.5, 0.6) is 0 Å². The fraction of sp³-hybridized carbons (Fsp3) is 0.316. The van der Waals surface area contributed by atoms with Crippen LogP contribution in [0.2, 0.25) is 0 Å². The summed E-state index contributed by atoms with van der Waals surface area (Å²) in [6.07, 6.45) is 0. The van der Waals surface area contributed by atoms with Crippen LogP contribution in [-0.2, 0) is 23.6 Å². The monoisotopic (exact) mass is 400 g/mol. The number of ether oxygens (including phenoxy) is 1. The van der Waals surface area contributed by atoms with Crippen molar-refractivity contribution in [2.24, 2.45) is 14.1 Å². The van der Waals surface area contributed by atoms with Gasteiger partial charge in [-0.1, -0.05) is 41.6 Å². The van der Waals surface area contributed by atoms with Gasteiger partial charge in [0.1, 0.15) is 15.7 Å². The van der Waals surface area contributed by atoms with Crippen molar-refractivity contribution in [3.05, 3.63) is 50.7 Å². The van der Waals surface area contributed by atoms with Crippen molar-refractivity contribution >= 4 is 28.8 Å². The number of hydrogen-bond acceptors (Lipinski definition) is 7. The lowest BCUT2D eigenvalue weighted by atomic mass is 10.1. The third-order valence-electron chi connectivity index (χ3n) is 4.40. The summed E-state index contributed by atoms with van der Waals surface area (Å²) in [5, 5.41) is -0.0632. The van der Waals surface area contributed by atoms with Crippen LogP contribution in [0.3, 0.4) is 0 Å². The second-order valence-corrected chi connectivity index (χ2v) is 7.74. The smallest absolute Gasteiger partial charge is 0.332 e. The van der Waals surface area contributed by atoms with Crippen molar-refractivity contribution in [2.75, 3.05) is 7.11 Å². The van der Waals surface area contributed by atoms with Gasteiger partial charge in [0.05, 0.1) is 7.11 Å². The van der Waals surface area contributed by atoms with Gasteiger partial charge in [0, 0.05) is 19.7 Å². The van der Waals surface area contributed by atoms with Gasteiger partial charge in [-0.05, 0) is 13.8 Å². The second-order valence-electron chi connectivity index (χ2n) is 6.41. The number of carbonyl (C=O) groups excluding carboxylic acids is 1. The Bertz CT molecular complexity index is 1180. The highest BCUT2D eigenvalue weighted by Gasteiger charge is 2.22. The molecule has 0 saturated carbocycles. The van der Waals surface area contributed by atoms with E-state index in [1.807, 2.05) is 31.2 Å². The van der Waals surface area contributed by atoms with E-state index in [4.69, 9.17) is 4.74 Å². The number of fused-ring (bicyclic) bond motifs is 1. The van der Waals surface area contributed by atoms with Gasteiger partial charge in [0.2, 0.25) is 0 Å². The van der Waals surface area contributed by atoms with E-state index in [1.165, 1.54) is 18.7 Å². The first-order chi connectivity index (χ1) is 13.2. The molecule has 2 heterocycles. The molecule has 0 aliphatic carbocycles. The number of hydrogen-bond donors (Lipinski definition) is 0. The Hall–Kier alpha value is -2.94. The van der Waals surface area contributed by atoms with E-state index in [1.54, 1.807) is 14.0 Å². The molecule has 0 amide bonds. The number of thioether (sulfide) groups is 1. The molecule has 0 fully saturated rings. The molecule has 28 heavy (non-hydrogen) atoms. The normalized spacial score (nSPS) is 12.2. The van der Waals surface area contributed by atoms with Gasteiger partial charge in [-0.25, -0.2) is 14.8 Å². The van der Waals surface area contributed by atoms with Crippen LogP contribution in [-0.4, -0.2) is 37.4 Å². The molecule has 2 aromatic heterocycles. The maximum atomic E-state index is 12.8. The van der Waals surface area contributed by atoms with Crippen LogP contribution < -0.4 is 11.2 Å². The van der Waals surface area contributed by atoms with Crippen molar-refractivity contribution in [2.45, 2.75) is 24.1 Å². The lowest BCUT2D eigenvalue weighted by Gasteiger charge is -2.14. The zero-order valence-electron chi connectivity index (χ0n) is 16.2. The van der Waals surface area contributed by atoms with Crippen molar-refractivity contribution in [1.29, 1.82) is 0 Å². The number of carbonyl (C=O) groups is 1. The first-order valence-corrected chi connectivity index (χ1v) is 9.41. The first kappa shape index (κ1) is 19.8. The number of aryl methyl sites for hydroxylation is 2. The molecular formula is C19H20N4O4S. The van der Waals surface area contributed by atoms with Crippen LogP contribution >= 0.6 is 11.8 Å². The van der Waals surface area contributed by atoms with Crippen LogP contribution in [0.4, 0.5) is 0 Å². The molecule has 0 spiro atoms. The number of nitrogens with zero attached hydrogens (tertiary/aromatic N) is 4. The van der Waals surface area contributed by atoms with E-state index in [0.717, 1.165) is 27.5 Å². The summed E-state index contributed by atoms with van der Waals surface area (Å²) in [5.74, 6) is -0.0642. The molecule has 0 bridgehead atoms. The van der Waals surface area contributed by atoms with Crippen LogP contribution in [0.25, 0.3) is 22.4 Å². The van der Waals surface area contributed by atoms with Gasteiger partial charge >= 0.3 is 11.7 Å². The summed E-state index contributed by atoms with van der Waals surface area (Å²) in [4.78, 5) is 46.1. The molecule has 0 aliphatic rings. The molecule has 0 saturated heterocycles. The predicted molar refractivity (Wildman–Crippen MR) is 108 cm³/mol. The maximum Gasteiger partial charge on any atom is 0.332 e. The molecule has 0 radical (unpaired) electrons. The predicted octanol–water partition coefficient (Wildman–Crippen LogP) is 1.66. The van der Waals surface area contributed by atoms with Gasteiger partial charge in [-0.3, -0.25) is 18.7 Å². The largest absolute Gasteiger partial charge is 0.468 e. The van der Waals surface area contributed by atoms with Gasteiger partial charge in [0.15, 0.2) is 11.5 Å². The first-order valence-electron chi connectivity index (χ1n) is 8.54. The Morgan fingerprint density at radius 1 is 1.11 bits per heavy atom. The van der Waals surface area contributed by atoms with Crippen LogP contribution in [0, 0.1) is 6.92 Å². The van der Waals surface area contributed by atoms with E-state index in [-0.39, 0.29) is 11.0 Å². The van der Waals surface area contributed by atoms with Crippen molar-refractivity contribution in [3.63, 3.8) is 0 Å². The Morgan fingerprint density at radius 2 is 1.75 bits per heavy atom. The average molecular weight is 400 g/mol. The van der Waals surface area contributed by atoms with Crippen molar-refractivity contribution in [3.8, 4) is 11.4 Å². The molecule has 0 aliphatic heterocycles. The minimum atomic E-state index is -0.587. The van der Waals surface area contributed by atoms with Gasteiger partial charge in [-0.15, -0.1) is 0 Å². The Balaban J connectivity index is 2.33. The van der Waals surface area contributed by atoms with Gasteiger partial charge in [-0.2, -0.15) is 0 Å². The lowest BCUT2D eigenvalue weighted by molar-refractivity contribution is -0.139. The van der Waals surface area contributed by atoms with E-state index < -0.39 is 22.5 Å². The van der Waals surface area contributed by atoms with E-state index in [9.17, 15) is 14.4 Å².